The van der Waals surface area contributed by atoms with Crippen LogP contribution in [0.3, 0.4) is 0 Å². The van der Waals surface area contributed by atoms with Crippen LogP contribution in [0.5, 0.6) is 28.7 Å². The summed E-state index contributed by atoms with van der Waals surface area (Å²) in [6.07, 6.45) is 1.50. The first-order valence-electron chi connectivity index (χ1n) is 11.3. The summed E-state index contributed by atoms with van der Waals surface area (Å²) in [6, 6.07) is 18.1. The Labute approximate surface area is 214 Å². The van der Waals surface area contributed by atoms with Crippen LogP contribution in [0.4, 0.5) is 0 Å². The number of nitrogens with zero attached hydrogens (tertiary/aromatic N) is 2. The zero-order valence-corrected chi connectivity index (χ0v) is 21.2. The molecule has 0 saturated heterocycles. The number of ether oxygens (including phenoxy) is 5. The molecule has 190 valence electrons. The van der Waals surface area contributed by atoms with Crippen LogP contribution in [0.15, 0.2) is 65.8 Å². The number of pyridine rings is 1. The minimum absolute atomic E-state index is 0.385. The van der Waals surface area contributed by atoms with E-state index in [1.165, 1.54) is 27.5 Å². The van der Waals surface area contributed by atoms with Gasteiger partial charge in [0.05, 0.1) is 58.5 Å². The average molecular weight is 502 g/mol. The number of carbonyl (C=O) groups excluding carboxylic acids is 1. The molecule has 1 amide bonds. The Bertz CT molecular complexity index is 1440. The Morgan fingerprint density at radius 3 is 2.11 bits per heavy atom. The number of rotatable bonds is 9. The van der Waals surface area contributed by atoms with Gasteiger partial charge in [0.25, 0.3) is 5.91 Å². The van der Waals surface area contributed by atoms with Crippen LogP contribution in [0.1, 0.15) is 15.9 Å². The molecule has 37 heavy (non-hydrogen) atoms. The lowest BCUT2D eigenvalue weighted by atomic mass is 10.0. The minimum Gasteiger partial charge on any atom is -0.493 e. The molecule has 1 heterocycles. The van der Waals surface area contributed by atoms with E-state index in [9.17, 15) is 4.79 Å². The van der Waals surface area contributed by atoms with Crippen molar-refractivity contribution in [3.63, 3.8) is 0 Å². The molecule has 1 aromatic heterocycles. The molecule has 0 saturated carbocycles. The van der Waals surface area contributed by atoms with Crippen molar-refractivity contribution in [2.24, 2.45) is 5.10 Å². The zero-order chi connectivity index (χ0) is 26.4. The summed E-state index contributed by atoms with van der Waals surface area (Å²) in [6.45, 7) is 0. The maximum Gasteiger partial charge on any atom is 0.272 e. The van der Waals surface area contributed by atoms with E-state index in [1.807, 2.05) is 36.4 Å². The second kappa shape index (κ2) is 11.3. The van der Waals surface area contributed by atoms with E-state index in [0.29, 0.717) is 56.5 Å². The van der Waals surface area contributed by atoms with Gasteiger partial charge in [-0.05, 0) is 42.5 Å². The summed E-state index contributed by atoms with van der Waals surface area (Å²) in [5.41, 5.74) is 5.75. The van der Waals surface area contributed by atoms with Crippen LogP contribution in [0, 0.1) is 0 Å². The van der Waals surface area contributed by atoms with E-state index >= 15 is 0 Å². The van der Waals surface area contributed by atoms with Crippen molar-refractivity contribution < 1.29 is 28.5 Å². The molecule has 0 atom stereocenters. The molecule has 0 aliphatic carbocycles. The van der Waals surface area contributed by atoms with E-state index in [-0.39, 0.29) is 5.91 Å². The first-order valence-corrected chi connectivity index (χ1v) is 11.3. The summed E-state index contributed by atoms with van der Waals surface area (Å²) in [7, 11) is 7.74. The normalized spacial score (nSPS) is 10.8. The van der Waals surface area contributed by atoms with E-state index in [0.717, 1.165) is 5.56 Å². The Morgan fingerprint density at radius 2 is 1.46 bits per heavy atom. The fourth-order valence-electron chi connectivity index (χ4n) is 3.91. The highest BCUT2D eigenvalue weighted by Gasteiger charge is 2.16. The molecule has 0 bridgehead atoms. The largest absolute Gasteiger partial charge is 0.493 e. The number of hydrogen-bond donors (Lipinski definition) is 1. The number of benzene rings is 3. The molecule has 0 radical (unpaired) electrons. The van der Waals surface area contributed by atoms with Crippen LogP contribution in [-0.2, 0) is 0 Å². The SMILES string of the molecule is COc1ccc(-c2cc(C(=O)N/N=C/c3cc(OC)c(OC)c(OC)c3)c3ccccc3n2)cc1OC. The third-order valence-electron chi connectivity index (χ3n) is 5.71. The van der Waals surface area contributed by atoms with Gasteiger partial charge in [-0.1, -0.05) is 18.2 Å². The fraction of sp³-hybridized carbons (Fsp3) is 0.179. The van der Waals surface area contributed by atoms with E-state index in [4.69, 9.17) is 28.7 Å². The molecular formula is C28H27N3O6. The van der Waals surface area contributed by atoms with Crippen molar-refractivity contribution in [1.29, 1.82) is 0 Å². The Kier molecular flexibility index (Phi) is 7.73. The van der Waals surface area contributed by atoms with Gasteiger partial charge in [0.2, 0.25) is 5.75 Å². The molecule has 9 heteroatoms. The summed E-state index contributed by atoms with van der Waals surface area (Å²) in [4.78, 5) is 18.0. The maximum atomic E-state index is 13.2. The van der Waals surface area contributed by atoms with Crippen molar-refractivity contribution in [3.8, 4) is 40.0 Å². The van der Waals surface area contributed by atoms with E-state index < -0.39 is 0 Å². The molecule has 4 rings (SSSR count). The minimum atomic E-state index is -0.385. The topological polar surface area (TPSA) is 101 Å². The molecule has 1 N–H and O–H groups in total. The number of methoxy groups -OCH3 is 5. The first kappa shape index (κ1) is 25.3. The van der Waals surface area contributed by atoms with E-state index in [1.54, 1.807) is 38.5 Å². The molecule has 0 unspecified atom stereocenters. The third kappa shape index (κ3) is 5.25. The van der Waals surface area contributed by atoms with Gasteiger partial charge in [-0.2, -0.15) is 5.10 Å². The molecule has 9 nitrogen and oxygen atoms in total. The monoisotopic (exact) mass is 501 g/mol. The number of amides is 1. The maximum absolute atomic E-state index is 13.2. The Morgan fingerprint density at radius 1 is 0.784 bits per heavy atom. The van der Waals surface area contributed by atoms with Crippen LogP contribution in [0.2, 0.25) is 0 Å². The van der Waals surface area contributed by atoms with Crippen molar-refractivity contribution in [2.75, 3.05) is 35.5 Å². The van der Waals surface area contributed by atoms with Crippen LogP contribution < -0.4 is 29.1 Å². The van der Waals surface area contributed by atoms with Gasteiger partial charge in [0, 0.05) is 16.5 Å². The van der Waals surface area contributed by atoms with Crippen molar-refractivity contribution in [1.82, 2.24) is 10.4 Å². The number of fused-ring (bicyclic) bond motifs is 1. The van der Waals surface area contributed by atoms with Gasteiger partial charge < -0.3 is 23.7 Å². The fourth-order valence-corrected chi connectivity index (χ4v) is 3.91. The van der Waals surface area contributed by atoms with Gasteiger partial charge in [0.15, 0.2) is 23.0 Å². The predicted octanol–water partition coefficient (Wildman–Crippen LogP) is 4.71. The zero-order valence-electron chi connectivity index (χ0n) is 21.2. The first-order chi connectivity index (χ1) is 18.0. The number of carbonyl (C=O) groups is 1. The molecule has 4 aromatic rings. The highest BCUT2D eigenvalue weighted by molar-refractivity contribution is 6.07. The van der Waals surface area contributed by atoms with Crippen molar-refractivity contribution in [3.05, 3.63) is 71.8 Å². The molecule has 0 aliphatic rings. The quantitative estimate of drug-likeness (QED) is 0.262. The van der Waals surface area contributed by atoms with Crippen LogP contribution in [-0.4, -0.2) is 52.7 Å². The van der Waals surface area contributed by atoms with Crippen LogP contribution in [0.25, 0.3) is 22.2 Å². The van der Waals surface area contributed by atoms with Gasteiger partial charge in [0.1, 0.15) is 0 Å². The highest BCUT2D eigenvalue weighted by Crippen LogP contribution is 2.38. The smallest absolute Gasteiger partial charge is 0.272 e. The summed E-state index contributed by atoms with van der Waals surface area (Å²) >= 11 is 0. The lowest BCUT2D eigenvalue weighted by Gasteiger charge is -2.13. The third-order valence-corrected chi connectivity index (χ3v) is 5.71. The van der Waals surface area contributed by atoms with Gasteiger partial charge in [-0.15, -0.1) is 0 Å². The lowest BCUT2D eigenvalue weighted by molar-refractivity contribution is 0.0956. The molecule has 0 spiro atoms. The Hall–Kier alpha value is -4.79. The van der Waals surface area contributed by atoms with Gasteiger partial charge in [-0.25, -0.2) is 10.4 Å². The predicted molar refractivity (Wildman–Crippen MR) is 141 cm³/mol. The molecule has 3 aromatic carbocycles. The average Bonchev–Trinajstić information content (AvgIpc) is 2.95. The van der Waals surface area contributed by atoms with Gasteiger partial charge in [-0.3, -0.25) is 4.79 Å². The lowest BCUT2D eigenvalue weighted by Crippen LogP contribution is -2.18. The standard InChI is InChI=1S/C28H27N3O6/c1-33-23-11-10-18(14-24(23)34-2)22-15-20(19-8-6-7-9-21(19)30-22)28(32)31-29-16-17-12-25(35-3)27(37-5)26(13-17)36-4/h6-16H,1-5H3,(H,31,32)/b29-16+. The van der Waals surface area contributed by atoms with Crippen molar-refractivity contribution >= 4 is 23.0 Å². The number of para-hydroxylation sites is 1. The molecular weight excluding hydrogens is 474 g/mol. The van der Waals surface area contributed by atoms with Gasteiger partial charge >= 0.3 is 0 Å². The number of hydrogen-bond acceptors (Lipinski definition) is 8. The molecule has 0 fully saturated rings. The summed E-state index contributed by atoms with van der Waals surface area (Å²) in [5.74, 6) is 2.21. The van der Waals surface area contributed by atoms with Crippen molar-refractivity contribution in [2.45, 2.75) is 0 Å². The second-order valence-corrected chi connectivity index (χ2v) is 7.80. The highest BCUT2D eigenvalue weighted by atomic mass is 16.5. The molecule has 0 aliphatic heterocycles. The number of nitrogens with one attached hydrogen (secondary N) is 1. The number of hydrazone groups is 1. The second-order valence-electron chi connectivity index (χ2n) is 7.80. The number of aromatic nitrogens is 1. The summed E-state index contributed by atoms with van der Waals surface area (Å²) < 4.78 is 26.9. The van der Waals surface area contributed by atoms with E-state index in [2.05, 4.69) is 10.5 Å². The summed E-state index contributed by atoms with van der Waals surface area (Å²) in [5, 5.41) is 4.85. The van der Waals surface area contributed by atoms with Crippen LogP contribution >= 0.6 is 0 Å². The Balaban J connectivity index is 1.67.